The van der Waals surface area contributed by atoms with Gasteiger partial charge >= 0.3 is 12.1 Å². The number of alkyl carbamates (subject to hydrolysis) is 1. The fourth-order valence-electron chi connectivity index (χ4n) is 2.51. The highest BCUT2D eigenvalue weighted by Gasteiger charge is 2.20. The molecule has 0 aliphatic carbocycles. The van der Waals surface area contributed by atoms with Crippen LogP contribution in [0.1, 0.15) is 51.5 Å². The van der Waals surface area contributed by atoms with Gasteiger partial charge in [-0.05, 0) is 30.7 Å². The third kappa shape index (κ3) is 10.9. The molecule has 0 aromatic heterocycles. The summed E-state index contributed by atoms with van der Waals surface area (Å²) in [6, 6.07) is 8.60. The summed E-state index contributed by atoms with van der Waals surface area (Å²) in [5.74, 6) is -1.06. The van der Waals surface area contributed by atoms with E-state index < -0.39 is 18.1 Å². The van der Waals surface area contributed by atoms with Crippen LogP contribution in [0.15, 0.2) is 30.3 Å². The standard InChI is InChI=1S/C20H30N2O5/c1-15(2)13-17(19(24)25)22-18(23)11-7-4-8-12-21-20(26)27-14-16-9-5-3-6-10-16/h3,5-6,9-10,15,17H,4,7-8,11-14H2,1-2H3,(H,21,26)(H,22,23)(H,24,25)/t17-/m0/s1. The van der Waals surface area contributed by atoms with Crippen LogP contribution in [0.4, 0.5) is 4.79 Å². The van der Waals surface area contributed by atoms with E-state index in [2.05, 4.69) is 10.6 Å². The van der Waals surface area contributed by atoms with Gasteiger partial charge in [0.1, 0.15) is 12.6 Å². The Hall–Kier alpha value is -2.57. The number of amides is 2. The molecule has 1 aromatic carbocycles. The summed E-state index contributed by atoms with van der Waals surface area (Å²) >= 11 is 0. The number of carbonyl (C=O) groups is 3. The first-order chi connectivity index (χ1) is 12.9. The lowest BCUT2D eigenvalue weighted by atomic mass is 10.0. The maximum absolute atomic E-state index is 11.8. The zero-order valence-electron chi connectivity index (χ0n) is 16.1. The van der Waals surface area contributed by atoms with Crippen molar-refractivity contribution in [1.29, 1.82) is 0 Å². The van der Waals surface area contributed by atoms with Crippen LogP contribution in [-0.4, -0.2) is 35.7 Å². The van der Waals surface area contributed by atoms with Gasteiger partial charge in [0.15, 0.2) is 0 Å². The number of carboxylic acid groups (broad SMARTS) is 1. The third-order valence-electron chi connectivity index (χ3n) is 3.90. The van der Waals surface area contributed by atoms with Crippen LogP contribution in [0, 0.1) is 5.92 Å². The SMILES string of the molecule is CC(C)C[C@H](NC(=O)CCCCCNC(=O)OCc1ccccc1)C(=O)O. The molecule has 2 amide bonds. The Morgan fingerprint density at radius 2 is 1.78 bits per heavy atom. The Labute approximate surface area is 160 Å². The van der Waals surface area contributed by atoms with Crippen molar-refractivity contribution in [2.75, 3.05) is 6.54 Å². The first kappa shape index (κ1) is 22.5. The largest absolute Gasteiger partial charge is 0.480 e. The first-order valence-electron chi connectivity index (χ1n) is 9.35. The monoisotopic (exact) mass is 378 g/mol. The van der Waals surface area contributed by atoms with E-state index in [-0.39, 0.29) is 24.9 Å². The van der Waals surface area contributed by atoms with E-state index in [1.54, 1.807) is 0 Å². The minimum absolute atomic E-state index is 0.194. The van der Waals surface area contributed by atoms with Gasteiger partial charge in [-0.3, -0.25) is 4.79 Å². The molecule has 3 N–H and O–H groups in total. The molecule has 7 heteroatoms. The number of hydrogen-bond acceptors (Lipinski definition) is 4. The Bertz CT molecular complexity index is 589. The van der Waals surface area contributed by atoms with Crippen LogP contribution in [-0.2, 0) is 20.9 Å². The van der Waals surface area contributed by atoms with Crippen LogP contribution in [0.3, 0.4) is 0 Å². The van der Waals surface area contributed by atoms with Crippen molar-refractivity contribution in [2.24, 2.45) is 5.92 Å². The van der Waals surface area contributed by atoms with Crippen LogP contribution in [0.25, 0.3) is 0 Å². The van der Waals surface area contributed by atoms with E-state index in [1.165, 1.54) is 0 Å². The molecular formula is C20H30N2O5. The summed E-state index contributed by atoms with van der Waals surface area (Å²) < 4.78 is 5.10. The minimum atomic E-state index is -1.00. The van der Waals surface area contributed by atoms with Gasteiger partial charge in [0.05, 0.1) is 0 Å². The van der Waals surface area contributed by atoms with E-state index >= 15 is 0 Å². The van der Waals surface area contributed by atoms with Gasteiger partial charge in [-0.15, -0.1) is 0 Å². The zero-order valence-corrected chi connectivity index (χ0v) is 16.1. The number of unbranched alkanes of at least 4 members (excludes halogenated alkanes) is 2. The first-order valence-corrected chi connectivity index (χ1v) is 9.35. The predicted octanol–water partition coefficient (Wildman–Crippen LogP) is 3.09. The smallest absolute Gasteiger partial charge is 0.407 e. The van der Waals surface area contributed by atoms with E-state index in [4.69, 9.17) is 9.84 Å². The fourth-order valence-corrected chi connectivity index (χ4v) is 2.51. The molecule has 0 aliphatic rings. The molecule has 150 valence electrons. The molecule has 1 atom stereocenters. The van der Waals surface area contributed by atoms with Crippen LogP contribution >= 0.6 is 0 Å². The number of hydrogen-bond donors (Lipinski definition) is 3. The third-order valence-corrected chi connectivity index (χ3v) is 3.90. The van der Waals surface area contributed by atoms with E-state index in [1.807, 2.05) is 44.2 Å². The molecule has 0 unspecified atom stereocenters. The van der Waals surface area contributed by atoms with Gasteiger partial charge in [0.25, 0.3) is 0 Å². The van der Waals surface area contributed by atoms with Gasteiger partial charge in [-0.2, -0.15) is 0 Å². The lowest BCUT2D eigenvalue weighted by molar-refractivity contribution is -0.142. The minimum Gasteiger partial charge on any atom is -0.480 e. The lowest BCUT2D eigenvalue weighted by Gasteiger charge is -2.16. The molecule has 0 radical (unpaired) electrons. The fraction of sp³-hybridized carbons (Fsp3) is 0.550. The quantitative estimate of drug-likeness (QED) is 0.485. The van der Waals surface area contributed by atoms with Gasteiger partial charge < -0.3 is 20.5 Å². The highest BCUT2D eigenvalue weighted by molar-refractivity contribution is 5.83. The zero-order chi connectivity index (χ0) is 20.1. The van der Waals surface area contributed by atoms with Crippen LogP contribution in [0.5, 0.6) is 0 Å². The van der Waals surface area contributed by atoms with Gasteiger partial charge in [0, 0.05) is 13.0 Å². The highest BCUT2D eigenvalue weighted by Crippen LogP contribution is 2.06. The topological polar surface area (TPSA) is 105 Å². The van der Waals surface area contributed by atoms with Crippen molar-refractivity contribution < 1.29 is 24.2 Å². The molecule has 0 saturated carbocycles. The molecule has 7 nitrogen and oxygen atoms in total. The summed E-state index contributed by atoms with van der Waals surface area (Å²) in [6.45, 7) is 4.54. The maximum Gasteiger partial charge on any atom is 0.407 e. The summed E-state index contributed by atoms with van der Waals surface area (Å²) in [6.07, 6.45) is 2.35. The Morgan fingerprint density at radius 3 is 2.41 bits per heavy atom. The summed E-state index contributed by atoms with van der Waals surface area (Å²) in [4.78, 5) is 34.5. The van der Waals surface area contributed by atoms with E-state index in [0.29, 0.717) is 19.4 Å². The number of rotatable bonds is 12. The summed E-state index contributed by atoms with van der Waals surface area (Å²) in [5.41, 5.74) is 0.927. The number of benzene rings is 1. The maximum atomic E-state index is 11.8. The summed E-state index contributed by atoms with van der Waals surface area (Å²) in [7, 11) is 0. The molecule has 1 aromatic rings. The molecule has 27 heavy (non-hydrogen) atoms. The number of ether oxygens (including phenoxy) is 1. The second-order valence-electron chi connectivity index (χ2n) is 6.89. The van der Waals surface area contributed by atoms with E-state index in [0.717, 1.165) is 18.4 Å². The number of aliphatic carboxylic acids is 1. The van der Waals surface area contributed by atoms with Crippen molar-refractivity contribution >= 4 is 18.0 Å². The normalized spacial score (nSPS) is 11.7. The van der Waals surface area contributed by atoms with Gasteiger partial charge in [0.2, 0.25) is 5.91 Å². The predicted molar refractivity (Wildman–Crippen MR) is 102 cm³/mol. The van der Waals surface area contributed by atoms with Crippen LogP contribution < -0.4 is 10.6 Å². The second-order valence-corrected chi connectivity index (χ2v) is 6.89. The Kier molecular flexibility index (Phi) is 10.6. The lowest BCUT2D eigenvalue weighted by Crippen LogP contribution is -2.41. The average Bonchev–Trinajstić information content (AvgIpc) is 2.62. The van der Waals surface area contributed by atoms with Gasteiger partial charge in [-0.1, -0.05) is 50.6 Å². The Morgan fingerprint density at radius 1 is 1.07 bits per heavy atom. The molecular weight excluding hydrogens is 348 g/mol. The molecule has 0 saturated heterocycles. The molecule has 0 fully saturated rings. The van der Waals surface area contributed by atoms with Crippen molar-refractivity contribution in [3.63, 3.8) is 0 Å². The van der Waals surface area contributed by atoms with Gasteiger partial charge in [-0.25, -0.2) is 9.59 Å². The van der Waals surface area contributed by atoms with Crippen LogP contribution in [0.2, 0.25) is 0 Å². The second kappa shape index (κ2) is 12.7. The summed E-state index contributed by atoms with van der Waals surface area (Å²) in [5, 5.41) is 14.3. The van der Waals surface area contributed by atoms with Crippen molar-refractivity contribution in [3.8, 4) is 0 Å². The van der Waals surface area contributed by atoms with E-state index in [9.17, 15) is 14.4 Å². The Balaban J connectivity index is 2.08. The van der Waals surface area contributed by atoms with Crippen molar-refractivity contribution in [2.45, 2.75) is 58.6 Å². The molecule has 0 aliphatic heterocycles. The number of carboxylic acids is 1. The molecule has 0 spiro atoms. The van der Waals surface area contributed by atoms with Crippen molar-refractivity contribution in [1.82, 2.24) is 10.6 Å². The molecule has 1 rings (SSSR count). The molecule has 0 bridgehead atoms. The molecule has 0 heterocycles. The number of nitrogens with one attached hydrogen (secondary N) is 2. The number of carbonyl (C=O) groups excluding carboxylic acids is 2. The highest BCUT2D eigenvalue weighted by atomic mass is 16.5. The average molecular weight is 378 g/mol. The van der Waals surface area contributed by atoms with Crippen molar-refractivity contribution in [3.05, 3.63) is 35.9 Å².